The van der Waals surface area contributed by atoms with Gasteiger partial charge in [-0.3, -0.25) is 9.69 Å². The van der Waals surface area contributed by atoms with Crippen molar-refractivity contribution in [1.29, 1.82) is 0 Å². The summed E-state index contributed by atoms with van der Waals surface area (Å²) in [5, 5.41) is 2.77. The van der Waals surface area contributed by atoms with Gasteiger partial charge in [0.1, 0.15) is 0 Å². The van der Waals surface area contributed by atoms with E-state index in [1.54, 1.807) is 43.3 Å². The van der Waals surface area contributed by atoms with Crippen molar-refractivity contribution >= 4 is 27.6 Å². The number of para-hydroxylation sites is 1. The number of carbonyl (C=O) groups is 2. The monoisotopic (exact) mass is 445 g/mol. The van der Waals surface area contributed by atoms with Gasteiger partial charge in [0.2, 0.25) is 10.0 Å². The standard InChI is InChI=1S/C22H27N3O5S/c1-3-30-22(27)19-6-4-5-7-20(19)23-21(26)18-10-8-17(9-11-18)16-24-12-14-25(15-13-24)31(2,28)29/h4-11H,3,12-16H2,1-2H3,(H,23,26). The molecule has 1 heterocycles. The Kier molecular flexibility index (Phi) is 7.42. The first kappa shape index (κ1) is 22.9. The van der Waals surface area contributed by atoms with Crippen LogP contribution < -0.4 is 5.32 Å². The van der Waals surface area contributed by atoms with Crippen LogP contribution in [0.1, 0.15) is 33.2 Å². The van der Waals surface area contributed by atoms with Gasteiger partial charge < -0.3 is 10.1 Å². The number of hydrogen-bond acceptors (Lipinski definition) is 6. The molecule has 1 N–H and O–H groups in total. The summed E-state index contributed by atoms with van der Waals surface area (Å²) in [5.41, 5.74) is 2.22. The number of benzene rings is 2. The lowest BCUT2D eigenvalue weighted by Gasteiger charge is -2.33. The molecule has 2 aromatic rings. The minimum absolute atomic E-state index is 0.256. The Morgan fingerprint density at radius 2 is 1.65 bits per heavy atom. The van der Waals surface area contributed by atoms with Crippen LogP contribution in [-0.4, -0.2) is 68.5 Å². The van der Waals surface area contributed by atoms with Crippen molar-refractivity contribution < 1.29 is 22.7 Å². The van der Waals surface area contributed by atoms with E-state index in [0.29, 0.717) is 49.5 Å². The number of nitrogens with one attached hydrogen (secondary N) is 1. The van der Waals surface area contributed by atoms with E-state index in [-0.39, 0.29) is 12.5 Å². The molecule has 0 aliphatic carbocycles. The number of amides is 1. The van der Waals surface area contributed by atoms with Crippen LogP contribution in [0, 0.1) is 0 Å². The average molecular weight is 446 g/mol. The van der Waals surface area contributed by atoms with Crippen LogP contribution in [0.25, 0.3) is 0 Å². The second kappa shape index (κ2) is 10.0. The molecule has 0 saturated carbocycles. The van der Waals surface area contributed by atoms with Gasteiger partial charge in [-0.05, 0) is 36.8 Å². The van der Waals surface area contributed by atoms with Gasteiger partial charge in [-0.2, -0.15) is 4.31 Å². The average Bonchev–Trinajstić information content (AvgIpc) is 2.74. The Morgan fingerprint density at radius 1 is 1.00 bits per heavy atom. The fraction of sp³-hybridized carbons (Fsp3) is 0.364. The predicted molar refractivity (Wildman–Crippen MR) is 118 cm³/mol. The molecule has 1 fully saturated rings. The van der Waals surface area contributed by atoms with E-state index in [9.17, 15) is 18.0 Å². The highest BCUT2D eigenvalue weighted by atomic mass is 32.2. The largest absolute Gasteiger partial charge is 0.462 e. The van der Waals surface area contributed by atoms with E-state index in [1.165, 1.54) is 10.6 Å². The highest BCUT2D eigenvalue weighted by molar-refractivity contribution is 7.88. The van der Waals surface area contributed by atoms with Crippen molar-refractivity contribution in [3.8, 4) is 0 Å². The summed E-state index contributed by atoms with van der Waals surface area (Å²) in [7, 11) is -3.14. The van der Waals surface area contributed by atoms with Crippen LogP contribution in [0.15, 0.2) is 48.5 Å². The quantitative estimate of drug-likeness (QED) is 0.657. The number of rotatable bonds is 7. The maximum atomic E-state index is 12.6. The van der Waals surface area contributed by atoms with Crippen molar-refractivity contribution in [2.75, 3.05) is 44.4 Å². The molecule has 0 unspecified atom stereocenters. The molecule has 1 saturated heterocycles. The molecule has 1 amide bonds. The van der Waals surface area contributed by atoms with E-state index in [2.05, 4.69) is 10.2 Å². The van der Waals surface area contributed by atoms with E-state index < -0.39 is 16.0 Å². The summed E-state index contributed by atoms with van der Waals surface area (Å²) in [4.78, 5) is 26.9. The second-order valence-corrected chi connectivity index (χ2v) is 9.34. The van der Waals surface area contributed by atoms with Crippen LogP contribution in [0.4, 0.5) is 5.69 Å². The van der Waals surface area contributed by atoms with Crippen molar-refractivity contribution in [2.24, 2.45) is 0 Å². The Bertz CT molecular complexity index is 1030. The van der Waals surface area contributed by atoms with Gasteiger partial charge in [0.25, 0.3) is 5.91 Å². The molecule has 3 rings (SSSR count). The van der Waals surface area contributed by atoms with Crippen LogP contribution in [0.2, 0.25) is 0 Å². The lowest BCUT2D eigenvalue weighted by Crippen LogP contribution is -2.47. The number of carbonyl (C=O) groups excluding carboxylic acids is 2. The van der Waals surface area contributed by atoms with Crippen molar-refractivity contribution in [1.82, 2.24) is 9.21 Å². The Morgan fingerprint density at radius 3 is 2.26 bits per heavy atom. The SMILES string of the molecule is CCOC(=O)c1ccccc1NC(=O)c1ccc(CN2CCN(S(C)(=O)=O)CC2)cc1. The molecule has 0 atom stereocenters. The van der Waals surface area contributed by atoms with Gasteiger partial charge in [0.05, 0.1) is 24.1 Å². The van der Waals surface area contributed by atoms with Crippen LogP contribution in [-0.2, 0) is 21.3 Å². The van der Waals surface area contributed by atoms with Gasteiger partial charge in [0.15, 0.2) is 0 Å². The van der Waals surface area contributed by atoms with Crippen LogP contribution in [0.3, 0.4) is 0 Å². The summed E-state index contributed by atoms with van der Waals surface area (Å²) < 4.78 is 29.8. The number of piperazine rings is 1. The number of esters is 1. The fourth-order valence-corrected chi connectivity index (χ4v) is 4.24. The smallest absolute Gasteiger partial charge is 0.340 e. The minimum Gasteiger partial charge on any atom is -0.462 e. The van der Waals surface area contributed by atoms with E-state index in [4.69, 9.17) is 4.74 Å². The molecule has 1 aliphatic rings. The van der Waals surface area contributed by atoms with Gasteiger partial charge in [0, 0.05) is 38.3 Å². The van der Waals surface area contributed by atoms with Gasteiger partial charge >= 0.3 is 5.97 Å². The molecule has 0 aromatic heterocycles. The van der Waals surface area contributed by atoms with Gasteiger partial charge in [-0.15, -0.1) is 0 Å². The zero-order valence-corrected chi connectivity index (χ0v) is 18.5. The molecule has 0 radical (unpaired) electrons. The van der Waals surface area contributed by atoms with Crippen LogP contribution >= 0.6 is 0 Å². The highest BCUT2D eigenvalue weighted by Crippen LogP contribution is 2.18. The van der Waals surface area contributed by atoms with Gasteiger partial charge in [-0.25, -0.2) is 13.2 Å². The zero-order chi connectivity index (χ0) is 22.4. The molecule has 31 heavy (non-hydrogen) atoms. The molecule has 2 aromatic carbocycles. The molecule has 8 nitrogen and oxygen atoms in total. The lowest BCUT2D eigenvalue weighted by molar-refractivity contribution is 0.0527. The summed E-state index contributed by atoms with van der Waals surface area (Å²) in [6, 6.07) is 14.0. The number of ether oxygens (including phenoxy) is 1. The third-order valence-electron chi connectivity index (χ3n) is 5.09. The van der Waals surface area contributed by atoms with Crippen molar-refractivity contribution in [2.45, 2.75) is 13.5 Å². The Hall–Kier alpha value is -2.75. The third kappa shape index (κ3) is 6.13. The van der Waals surface area contributed by atoms with Crippen molar-refractivity contribution in [3.63, 3.8) is 0 Å². The molecule has 9 heteroatoms. The van der Waals surface area contributed by atoms with E-state index in [0.717, 1.165) is 5.56 Å². The molecular weight excluding hydrogens is 418 g/mol. The van der Waals surface area contributed by atoms with Gasteiger partial charge in [-0.1, -0.05) is 24.3 Å². The normalized spacial score (nSPS) is 15.4. The zero-order valence-electron chi connectivity index (χ0n) is 17.7. The maximum Gasteiger partial charge on any atom is 0.340 e. The molecular formula is C22H27N3O5S. The number of hydrogen-bond donors (Lipinski definition) is 1. The topological polar surface area (TPSA) is 96.0 Å². The first-order valence-electron chi connectivity index (χ1n) is 10.1. The highest BCUT2D eigenvalue weighted by Gasteiger charge is 2.23. The molecule has 166 valence electrons. The lowest BCUT2D eigenvalue weighted by atomic mass is 10.1. The van der Waals surface area contributed by atoms with E-state index >= 15 is 0 Å². The summed E-state index contributed by atoms with van der Waals surface area (Å²) in [6.07, 6.45) is 1.23. The fourth-order valence-electron chi connectivity index (χ4n) is 3.41. The minimum atomic E-state index is -3.14. The summed E-state index contributed by atoms with van der Waals surface area (Å²) in [5.74, 6) is -0.796. The van der Waals surface area contributed by atoms with Crippen molar-refractivity contribution in [3.05, 3.63) is 65.2 Å². The first-order valence-corrected chi connectivity index (χ1v) is 12.0. The summed E-state index contributed by atoms with van der Waals surface area (Å²) >= 11 is 0. The maximum absolute atomic E-state index is 12.6. The molecule has 0 bridgehead atoms. The van der Waals surface area contributed by atoms with Crippen LogP contribution in [0.5, 0.6) is 0 Å². The number of nitrogens with zero attached hydrogens (tertiary/aromatic N) is 2. The number of sulfonamides is 1. The molecule has 0 spiro atoms. The number of anilines is 1. The van der Waals surface area contributed by atoms with E-state index in [1.807, 2.05) is 12.1 Å². The summed E-state index contributed by atoms with van der Waals surface area (Å²) in [6.45, 7) is 4.97. The Labute approximate surface area is 182 Å². The third-order valence-corrected chi connectivity index (χ3v) is 6.40. The Balaban J connectivity index is 1.60. The first-order chi connectivity index (χ1) is 14.8. The predicted octanol–water partition coefficient (Wildman–Crippen LogP) is 2.19. The second-order valence-electron chi connectivity index (χ2n) is 7.36. The molecule has 1 aliphatic heterocycles.